The van der Waals surface area contributed by atoms with Crippen molar-refractivity contribution in [2.24, 2.45) is 45.9 Å². The highest BCUT2D eigenvalue weighted by molar-refractivity contribution is 9.10. The van der Waals surface area contributed by atoms with Crippen molar-refractivity contribution in [1.82, 2.24) is 15.1 Å². The van der Waals surface area contributed by atoms with Crippen LogP contribution in [0.2, 0.25) is 0 Å². The Kier molecular flexibility index (Phi) is 8.55. The van der Waals surface area contributed by atoms with Gasteiger partial charge in [-0.2, -0.15) is 0 Å². The molecule has 0 fully saturated rings. The first kappa shape index (κ1) is 37.2. The Balaban J connectivity index is 1.41. The van der Waals surface area contributed by atoms with Gasteiger partial charge in [-0.3, -0.25) is 45.8 Å². The number of carbonyl (C=O) groups excluding carboxylic acids is 4. The molecule has 0 saturated heterocycles. The monoisotopic (exact) mass is 783 g/mol. The molecule has 4 amide bonds. The summed E-state index contributed by atoms with van der Waals surface area (Å²) in [7, 11) is 1.88. The zero-order chi connectivity index (χ0) is 38.9. The van der Waals surface area contributed by atoms with Crippen molar-refractivity contribution in [2.45, 2.75) is 75.5 Å². The second-order valence-corrected chi connectivity index (χ2v) is 15.5. The molecule has 0 bridgehead atoms. The molecule has 17 N–H and O–H groups in total. The van der Waals surface area contributed by atoms with Crippen LogP contribution in [0.4, 0.5) is 0 Å². The third-order valence-corrected chi connectivity index (χ3v) is 11.9. The number of amides is 4. The van der Waals surface area contributed by atoms with Gasteiger partial charge in [-0.05, 0) is 60.0 Å². The Morgan fingerprint density at radius 1 is 0.717 bits per heavy atom. The average molecular weight is 785 g/mol. The number of benzene rings is 5. The molecule has 0 saturated carbocycles. The lowest BCUT2D eigenvalue weighted by Crippen LogP contribution is -2.96. The smallest absolute Gasteiger partial charge is 0.262 e. The Labute approximate surface area is 313 Å². The van der Waals surface area contributed by atoms with Gasteiger partial charge in [0, 0.05) is 54.3 Å². The summed E-state index contributed by atoms with van der Waals surface area (Å²) in [5.41, 5.74) is 46.2. The minimum Gasteiger partial charge on any atom is -0.313 e. The van der Waals surface area contributed by atoms with E-state index in [0.717, 1.165) is 50.1 Å². The van der Waals surface area contributed by atoms with E-state index in [1.165, 1.54) is 11.8 Å². The molecule has 5 aromatic carbocycles. The van der Waals surface area contributed by atoms with E-state index in [9.17, 15) is 19.2 Å². The van der Waals surface area contributed by atoms with Crippen molar-refractivity contribution in [3.05, 3.63) is 63.1 Å². The fraction of sp³-hybridized carbons (Fsp3) is 0.333. The van der Waals surface area contributed by atoms with Gasteiger partial charge in [0.25, 0.3) is 23.6 Å². The van der Waals surface area contributed by atoms with Gasteiger partial charge in [0.15, 0.2) is 5.79 Å². The summed E-state index contributed by atoms with van der Waals surface area (Å²) in [6, 6.07) is 10.4. The highest BCUT2D eigenvalue weighted by atomic mass is 79.9. The van der Waals surface area contributed by atoms with E-state index < -0.39 is 41.3 Å². The Morgan fingerprint density at radius 2 is 1.21 bits per heavy atom. The molecule has 5 aromatic rings. The lowest BCUT2D eigenvalue weighted by atomic mass is 9.77. The minimum absolute atomic E-state index is 0.253. The molecule has 17 heteroatoms. The number of hydrogen-bond donors (Lipinski definition) is 9. The van der Waals surface area contributed by atoms with Crippen molar-refractivity contribution < 1.29 is 19.2 Å². The van der Waals surface area contributed by atoms with Crippen molar-refractivity contribution >= 4 is 96.0 Å². The van der Waals surface area contributed by atoms with E-state index in [0.29, 0.717) is 38.2 Å². The largest absolute Gasteiger partial charge is 0.313 e. The van der Waals surface area contributed by atoms with Crippen LogP contribution in [-0.2, 0) is 0 Å². The number of hydrogen-bond acceptors (Lipinski definition) is 13. The summed E-state index contributed by atoms with van der Waals surface area (Å²) < 4.78 is 0.640. The van der Waals surface area contributed by atoms with Crippen LogP contribution in [0.5, 0.6) is 0 Å². The van der Waals surface area contributed by atoms with E-state index in [4.69, 9.17) is 45.9 Å². The second kappa shape index (κ2) is 12.2. The van der Waals surface area contributed by atoms with Gasteiger partial charge < -0.3 is 34.4 Å². The van der Waals surface area contributed by atoms with Gasteiger partial charge in [0.2, 0.25) is 0 Å². The van der Waals surface area contributed by atoms with Crippen LogP contribution in [0.1, 0.15) is 81.5 Å². The standard InChI is InChI=1S/C36H43BBrN11O4/c1-4-5-6-13(2)48-29(50)17-9-7-15-25-21(37)11-19-23-18(10-8-16(27(23)25)26-22(38)12-20(31(48)52)24(17)28(15)26)30(51)49(32(19)53)14(3)47-36(45,46)35(43,44)34(41,42)33(39)40/h7-14,33,47H,4-6,37,39-46H2,1-3H3. The normalized spacial score (nSPS) is 16.8. The summed E-state index contributed by atoms with van der Waals surface area (Å²) in [4.78, 5) is 59.1. The molecule has 7 rings (SSSR count). The minimum atomic E-state index is -2.34. The number of fused-ring (bicyclic) bond motifs is 2. The van der Waals surface area contributed by atoms with Crippen LogP contribution in [0.25, 0.3) is 43.1 Å². The van der Waals surface area contributed by atoms with Crippen LogP contribution >= 0.6 is 15.9 Å². The zero-order valence-electron chi connectivity index (χ0n) is 29.8. The summed E-state index contributed by atoms with van der Waals surface area (Å²) in [6.45, 7) is 5.46. The average Bonchev–Trinajstić information content (AvgIpc) is 3.08. The highest BCUT2D eigenvalue weighted by Crippen LogP contribution is 2.48. The van der Waals surface area contributed by atoms with Crippen LogP contribution in [0.3, 0.4) is 0 Å². The van der Waals surface area contributed by atoms with Crippen LogP contribution in [0, 0.1) is 0 Å². The molecule has 0 aromatic heterocycles. The number of carbonyl (C=O) groups is 4. The predicted molar refractivity (Wildman–Crippen MR) is 212 cm³/mol. The van der Waals surface area contributed by atoms with Crippen molar-refractivity contribution in [2.75, 3.05) is 0 Å². The van der Waals surface area contributed by atoms with Crippen molar-refractivity contribution in [3.8, 4) is 0 Å². The number of imide groups is 2. The Hall–Kier alpha value is -4.14. The van der Waals surface area contributed by atoms with Crippen molar-refractivity contribution in [3.63, 3.8) is 0 Å². The number of halogens is 1. The van der Waals surface area contributed by atoms with E-state index >= 15 is 0 Å². The molecule has 2 unspecified atom stereocenters. The highest BCUT2D eigenvalue weighted by Gasteiger charge is 2.56. The fourth-order valence-electron chi connectivity index (χ4n) is 8.20. The van der Waals surface area contributed by atoms with E-state index in [2.05, 4.69) is 28.2 Å². The van der Waals surface area contributed by atoms with E-state index in [-0.39, 0.29) is 29.0 Å². The first-order valence-corrected chi connectivity index (χ1v) is 18.2. The molecule has 2 aliphatic rings. The SMILES string of the molecule is Bc1cc2c3c(ccc4c5c(Br)cc6c7c(ccc(c1c34)c75)C(=O)N(C(C)CCCC)C6=O)C(=O)N(C(C)NC(N)(N)C(N)(N)C(N)(N)C(N)N)C2=O. The summed E-state index contributed by atoms with van der Waals surface area (Å²) >= 11 is 3.77. The maximum Gasteiger partial charge on any atom is 0.262 e. The lowest BCUT2D eigenvalue weighted by molar-refractivity contribution is 0.0308. The number of nitrogens with zero attached hydrogens (tertiary/aromatic N) is 2. The first-order chi connectivity index (χ1) is 24.7. The summed E-state index contributed by atoms with van der Waals surface area (Å²) in [5, 5.41) is 8.32. The second-order valence-electron chi connectivity index (χ2n) is 14.7. The van der Waals surface area contributed by atoms with Gasteiger partial charge in [-0.25, -0.2) is 0 Å². The molecule has 0 spiro atoms. The number of unbranched alkanes of at least 4 members (excludes halogenated alkanes) is 1. The Morgan fingerprint density at radius 3 is 1.77 bits per heavy atom. The van der Waals surface area contributed by atoms with Crippen LogP contribution < -0.4 is 56.6 Å². The van der Waals surface area contributed by atoms with Crippen LogP contribution in [0.15, 0.2) is 40.9 Å². The maximum atomic E-state index is 14.4. The van der Waals surface area contributed by atoms with Gasteiger partial charge in [-0.1, -0.05) is 59.4 Å². The molecule has 0 radical (unpaired) electrons. The third-order valence-electron chi connectivity index (χ3n) is 11.3. The van der Waals surface area contributed by atoms with E-state index in [1.807, 2.05) is 26.9 Å². The number of nitrogens with one attached hydrogen (secondary N) is 1. The number of rotatable bonds is 10. The predicted octanol–water partition coefficient (Wildman–Crippen LogP) is -0.493. The molecule has 0 aliphatic carbocycles. The molecular weight excluding hydrogens is 741 g/mol. The summed E-state index contributed by atoms with van der Waals surface area (Å²) in [5.74, 6) is -4.22. The first-order valence-electron chi connectivity index (χ1n) is 17.4. The molecule has 2 heterocycles. The van der Waals surface area contributed by atoms with Gasteiger partial charge in [0.05, 0.1) is 12.3 Å². The van der Waals surface area contributed by atoms with E-state index in [1.54, 1.807) is 24.3 Å². The molecule has 276 valence electrons. The lowest BCUT2D eigenvalue weighted by Gasteiger charge is -2.52. The topological polar surface area (TPSA) is 295 Å². The van der Waals surface area contributed by atoms with Crippen molar-refractivity contribution in [1.29, 1.82) is 0 Å². The fourth-order valence-corrected chi connectivity index (χ4v) is 8.84. The molecule has 15 nitrogen and oxygen atoms in total. The Bertz CT molecular complexity index is 2450. The van der Waals surface area contributed by atoms with Crippen LogP contribution in [-0.4, -0.2) is 76.8 Å². The van der Waals surface area contributed by atoms with Gasteiger partial charge in [0.1, 0.15) is 19.2 Å². The number of nitrogens with two attached hydrogens (primary N) is 8. The summed E-state index contributed by atoms with van der Waals surface area (Å²) in [6.07, 6.45) is -0.0780. The molecule has 2 aliphatic heterocycles. The third kappa shape index (κ3) is 4.93. The molecule has 2 atom stereocenters. The molecular formula is C36H43BBrN11O4. The quantitative estimate of drug-likeness (QED) is 0.0284. The zero-order valence-corrected chi connectivity index (χ0v) is 31.4. The van der Waals surface area contributed by atoms with Gasteiger partial charge in [-0.15, -0.1) is 0 Å². The van der Waals surface area contributed by atoms with Gasteiger partial charge >= 0.3 is 0 Å². The molecule has 53 heavy (non-hydrogen) atoms. The maximum absolute atomic E-state index is 14.4.